The van der Waals surface area contributed by atoms with Gasteiger partial charge in [0.25, 0.3) is 0 Å². The Morgan fingerprint density at radius 3 is 2.73 bits per heavy atom. The van der Waals surface area contributed by atoms with Gasteiger partial charge in [0.15, 0.2) is 0 Å². The molecule has 1 atom stereocenters. The Morgan fingerprint density at radius 2 is 2.13 bits per heavy atom. The minimum absolute atomic E-state index is 0.00523. The highest BCUT2D eigenvalue weighted by atomic mass is 32.2. The first-order valence-corrected chi connectivity index (χ1v) is 6.56. The molecule has 2 amide bonds. The maximum absolute atomic E-state index is 11.7. The summed E-state index contributed by atoms with van der Waals surface area (Å²) in [6.45, 7) is 0.506. The molecular formula is C10H16N2O2S. The lowest BCUT2D eigenvalue weighted by Crippen LogP contribution is -2.41. The largest absolute Gasteiger partial charge is 0.355 e. The number of amides is 2. The average Bonchev–Trinajstić information content (AvgIpc) is 2.66. The van der Waals surface area contributed by atoms with Gasteiger partial charge in [-0.2, -0.15) is 11.8 Å². The number of rotatable bonds is 2. The van der Waals surface area contributed by atoms with Crippen LogP contribution in [0.15, 0.2) is 0 Å². The van der Waals surface area contributed by atoms with Crippen molar-refractivity contribution in [2.75, 3.05) is 18.1 Å². The van der Waals surface area contributed by atoms with E-state index in [-0.39, 0.29) is 17.7 Å². The molecule has 2 aliphatic rings. The van der Waals surface area contributed by atoms with Crippen molar-refractivity contribution in [1.82, 2.24) is 10.6 Å². The van der Waals surface area contributed by atoms with E-state index < -0.39 is 0 Å². The molecule has 2 fully saturated rings. The average molecular weight is 228 g/mol. The molecule has 0 radical (unpaired) electrons. The Hall–Kier alpha value is -0.710. The second-order valence-corrected chi connectivity index (χ2v) is 5.33. The minimum atomic E-state index is -0.146. The summed E-state index contributed by atoms with van der Waals surface area (Å²) in [5, 5.41) is 5.72. The van der Waals surface area contributed by atoms with Gasteiger partial charge in [-0.15, -0.1) is 0 Å². The van der Waals surface area contributed by atoms with Crippen LogP contribution in [0.25, 0.3) is 0 Å². The lowest BCUT2D eigenvalue weighted by atomic mass is 10.1. The second-order valence-electron chi connectivity index (χ2n) is 4.10. The van der Waals surface area contributed by atoms with Gasteiger partial charge in [-0.3, -0.25) is 9.59 Å². The van der Waals surface area contributed by atoms with Gasteiger partial charge in [-0.25, -0.2) is 0 Å². The van der Waals surface area contributed by atoms with Crippen molar-refractivity contribution in [2.45, 2.75) is 25.3 Å². The van der Waals surface area contributed by atoms with Crippen LogP contribution in [0.4, 0.5) is 0 Å². The van der Waals surface area contributed by atoms with Crippen molar-refractivity contribution < 1.29 is 9.59 Å². The Labute approximate surface area is 93.6 Å². The Balaban J connectivity index is 1.78. The molecule has 0 aromatic carbocycles. The van der Waals surface area contributed by atoms with E-state index in [1.165, 1.54) is 0 Å². The van der Waals surface area contributed by atoms with Crippen molar-refractivity contribution in [2.24, 2.45) is 5.92 Å². The van der Waals surface area contributed by atoms with Crippen LogP contribution < -0.4 is 10.6 Å². The summed E-state index contributed by atoms with van der Waals surface area (Å²) in [6.07, 6.45) is 2.47. The molecule has 2 heterocycles. The Kier molecular flexibility index (Phi) is 3.51. The third kappa shape index (κ3) is 2.87. The lowest BCUT2D eigenvalue weighted by molar-refractivity contribution is -0.127. The SMILES string of the molecule is O=C1CC(C(=O)NC2CCSCC2)CN1. The van der Waals surface area contributed by atoms with Crippen LogP contribution in [0, 0.1) is 5.92 Å². The Bertz CT molecular complexity index is 264. The summed E-state index contributed by atoms with van der Waals surface area (Å²) in [7, 11) is 0. The number of thioether (sulfide) groups is 1. The van der Waals surface area contributed by atoms with E-state index in [0.717, 1.165) is 24.3 Å². The molecular weight excluding hydrogens is 212 g/mol. The van der Waals surface area contributed by atoms with Crippen LogP contribution in [0.1, 0.15) is 19.3 Å². The fourth-order valence-corrected chi connectivity index (χ4v) is 3.06. The number of carbonyl (C=O) groups excluding carboxylic acids is 2. The fourth-order valence-electron chi connectivity index (χ4n) is 1.95. The third-order valence-electron chi connectivity index (χ3n) is 2.92. The van der Waals surface area contributed by atoms with Crippen LogP contribution in [0.3, 0.4) is 0 Å². The van der Waals surface area contributed by atoms with Crippen molar-refractivity contribution in [3.05, 3.63) is 0 Å². The molecule has 1 unspecified atom stereocenters. The zero-order valence-electron chi connectivity index (χ0n) is 8.62. The summed E-state index contributed by atoms with van der Waals surface area (Å²) >= 11 is 1.94. The molecule has 2 rings (SSSR count). The lowest BCUT2D eigenvalue weighted by Gasteiger charge is -2.23. The molecule has 2 saturated heterocycles. The molecule has 84 valence electrons. The standard InChI is InChI=1S/C10H16N2O2S/c13-9-5-7(6-11-9)10(14)12-8-1-3-15-4-2-8/h7-8H,1-6H2,(H,11,13)(H,12,14). The van der Waals surface area contributed by atoms with Crippen LogP contribution >= 0.6 is 11.8 Å². The van der Waals surface area contributed by atoms with E-state index in [2.05, 4.69) is 10.6 Å². The molecule has 2 N–H and O–H groups in total. The van der Waals surface area contributed by atoms with Gasteiger partial charge in [0, 0.05) is 19.0 Å². The second kappa shape index (κ2) is 4.88. The molecule has 15 heavy (non-hydrogen) atoms. The van der Waals surface area contributed by atoms with Crippen molar-refractivity contribution in [3.63, 3.8) is 0 Å². The molecule has 0 aromatic rings. The van der Waals surface area contributed by atoms with E-state index in [9.17, 15) is 9.59 Å². The van der Waals surface area contributed by atoms with Crippen molar-refractivity contribution >= 4 is 23.6 Å². The third-order valence-corrected chi connectivity index (χ3v) is 3.96. The van der Waals surface area contributed by atoms with Gasteiger partial charge < -0.3 is 10.6 Å². The highest BCUT2D eigenvalue weighted by Gasteiger charge is 2.29. The quantitative estimate of drug-likeness (QED) is 0.706. The first kappa shape index (κ1) is 10.8. The van der Waals surface area contributed by atoms with Crippen molar-refractivity contribution in [1.29, 1.82) is 0 Å². The summed E-state index contributed by atoms with van der Waals surface area (Å²) < 4.78 is 0. The predicted octanol–water partition coefficient (Wildman–Crippen LogP) is 0.134. The fraction of sp³-hybridized carbons (Fsp3) is 0.800. The monoisotopic (exact) mass is 228 g/mol. The number of carbonyl (C=O) groups is 2. The van der Waals surface area contributed by atoms with Crippen molar-refractivity contribution in [3.8, 4) is 0 Å². The van der Waals surface area contributed by atoms with E-state index in [4.69, 9.17) is 0 Å². The summed E-state index contributed by atoms with van der Waals surface area (Å²) in [6, 6.07) is 0.328. The van der Waals surface area contributed by atoms with Crippen LogP contribution in [0.5, 0.6) is 0 Å². The first-order chi connectivity index (χ1) is 7.25. The minimum Gasteiger partial charge on any atom is -0.355 e. The summed E-state index contributed by atoms with van der Waals surface area (Å²) in [5.74, 6) is 2.16. The zero-order chi connectivity index (χ0) is 10.7. The van der Waals surface area contributed by atoms with Gasteiger partial charge in [-0.05, 0) is 24.3 Å². The normalized spacial score (nSPS) is 27.5. The van der Waals surface area contributed by atoms with E-state index in [0.29, 0.717) is 19.0 Å². The smallest absolute Gasteiger partial charge is 0.225 e. The van der Waals surface area contributed by atoms with E-state index in [1.807, 2.05) is 11.8 Å². The summed E-state index contributed by atoms with van der Waals surface area (Å²) in [4.78, 5) is 22.7. The number of nitrogens with one attached hydrogen (secondary N) is 2. The topological polar surface area (TPSA) is 58.2 Å². The molecule has 0 saturated carbocycles. The van der Waals surface area contributed by atoms with Crippen LogP contribution in [0.2, 0.25) is 0 Å². The maximum Gasteiger partial charge on any atom is 0.225 e. The number of hydrogen-bond donors (Lipinski definition) is 2. The summed E-state index contributed by atoms with van der Waals surface area (Å²) in [5.41, 5.74) is 0. The van der Waals surface area contributed by atoms with Gasteiger partial charge in [0.05, 0.1) is 5.92 Å². The predicted molar refractivity (Wildman–Crippen MR) is 59.6 cm³/mol. The zero-order valence-corrected chi connectivity index (χ0v) is 9.44. The highest BCUT2D eigenvalue weighted by molar-refractivity contribution is 7.99. The molecule has 5 heteroatoms. The van der Waals surface area contributed by atoms with Gasteiger partial charge in [0.2, 0.25) is 11.8 Å². The van der Waals surface area contributed by atoms with E-state index in [1.54, 1.807) is 0 Å². The Morgan fingerprint density at radius 1 is 1.40 bits per heavy atom. The van der Waals surface area contributed by atoms with Crippen LogP contribution in [-0.2, 0) is 9.59 Å². The van der Waals surface area contributed by atoms with Crippen LogP contribution in [-0.4, -0.2) is 35.9 Å². The molecule has 0 bridgehead atoms. The molecule has 4 nitrogen and oxygen atoms in total. The highest BCUT2D eigenvalue weighted by Crippen LogP contribution is 2.18. The number of hydrogen-bond acceptors (Lipinski definition) is 3. The molecule has 2 aliphatic heterocycles. The molecule has 0 aliphatic carbocycles. The van der Waals surface area contributed by atoms with Gasteiger partial charge >= 0.3 is 0 Å². The molecule has 0 spiro atoms. The maximum atomic E-state index is 11.7. The van der Waals surface area contributed by atoms with Gasteiger partial charge in [-0.1, -0.05) is 0 Å². The first-order valence-electron chi connectivity index (χ1n) is 5.40. The molecule has 0 aromatic heterocycles. The van der Waals surface area contributed by atoms with E-state index >= 15 is 0 Å². The van der Waals surface area contributed by atoms with Gasteiger partial charge in [0.1, 0.15) is 0 Å².